The zero-order chi connectivity index (χ0) is 22.2. The molecule has 2 amide bonds. The van der Waals surface area contributed by atoms with Gasteiger partial charge in [0, 0.05) is 41.3 Å². The number of amides is 2. The van der Waals surface area contributed by atoms with Crippen LogP contribution in [-0.2, 0) is 5.41 Å². The molecule has 1 atom stereocenters. The molecule has 3 N–H and O–H groups in total. The van der Waals surface area contributed by atoms with Crippen molar-refractivity contribution in [3.8, 4) is 0 Å². The van der Waals surface area contributed by atoms with Crippen LogP contribution in [0.4, 0.5) is 10.5 Å². The van der Waals surface area contributed by atoms with Crippen molar-refractivity contribution in [1.29, 1.82) is 0 Å². The highest BCUT2D eigenvalue weighted by Gasteiger charge is 2.44. The summed E-state index contributed by atoms with van der Waals surface area (Å²) < 4.78 is 0. The first-order valence-corrected chi connectivity index (χ1v) is 11.1. The Kier molecular flexibility index (Phi) is 7.38. The first-order valence-electron chi connectivity index (χ1n) is 10.7. The van der Waals surface area contributed by atoms with E-state index in [4.69, 9.17) is 22.4 Å². The molecule has 0 aromatic heterocycles. The van der Waals surface area contributed by atoms with Crippen LogP contribution in [-0.4, -0.2) is 47.2 Å². The average Bonchev–Trinajstić information content (AvgIpc) is 3.07. The van der Waals surface area contributed by atoms with Gasteiger partial charge in [0.15, 0.2) is 0 Å². The number of urea groups is 1. The van der Waals surface area contributed by atoms with Gasteiger partial charge in [-0.1, -0.05) is 23.7 Å². The summed E-state index contributed by atoms with van der Waals surface area (Å²) in [4.78, 5) is 28.1. The van der Waals surface area contributed by atoms with Gasteiger partial charge >= 0.3 is 12.0 Å². The van der Waals surface area contributed by atoms with E-state index in [0.717, 1.165) is 36.4 Å². The van der Waals surface area contributed by atoms with E-state index in [-0.39, 0.29) is 41.5 Å². The molecule has 1 saturated carbocycles. The summed E-state index contributed by atoms with van der Waals surface area (Å²) in [5.74, 6) is -0.973. The summed E-state index contributed by atoms with van der Waals surface area (Å²) in [6.07, 6.45) is 3.62. The maximum absolute atomic E-state index is 13.3. The number of aromatic carboxylic acids is 1. The fraction of sp³-hybridized carbons (Fsp3) is 0.417. The lowest BCUT2D eigenvalue weighted by molar-refractivity contribution is 0.0697. The molecule has 8 heteroatoms. The van der Waals surface area contributed by atoms with Crippen molar-refractivity contribution in [3.05, 3.63) is 64.7 Å². The van der Waals surface area contributed by atoms with Gasteiger partial charge in [0.25, 0.3) is 0 Å². The minimum Gasteiger partial charge on any atom is -0.478 e. The molecule has 0 spiro atoms. The zero-order valence-corrected chi connectivity index (χ0v) is 19.6. The average molecular weight is 478 g/mol. The lowest BCUT2D eigenvalue weighted by Crippen LogP contribution is -2.48. The molecule has 172 valence electrons. The van der Waals surface area contributed by atoms with Crippen molar-refractivity contribution < 1.29 is 14.7 Å². The van der Waals surface area contributed by atoms with E-state index in [0.29, 0.717) is 13.1 Å². The van der Waals surface area contributed by atoms with Crippen molar-refractivity contribution in [3.63, 3.8) is 0 Å². The zero-order valence-electron chi connectivity index (χ0n) is 18.0. The normalized spacial score (nSPS) is 25.5. The van der Waals surface area contributed by atoms with Crippen LogP contribution in [0.25, 0.3) is 0 Å². The van der Waals surface area contributed by atoms with E-state index in [2.05, 4.69) is 13.0 Å². The number of rotatable bonds is 5. The lowest BCUT2D eigenvalue weighted by atomic mass is 9.68. The van der Waals surface area contributed by atoms with Gasteiger partial charge in [-0.05, 0) is 74.6 Å². The van der Waals surface area contributed by atoms with Gasteiger partial charge in [0.1, 0.15) is 0 Å². The number of carbonyl (C=O) groups is 2. The van der Waals surface area contributed by atoms with E-state index in [9.17, 15) is 9.59 Å². The first kappa shape index (κ1) is 24.4. The largest absolute Gasteiger partial charge is 0.478 e. The van der Waals surface area contributed by atoms with E-state index >= 15 is 0 Å². The Morgan fingerprint density at radius 1 is 1.19 bits per heavy atom. The molecule has 1 aliphatic heterocycles. The quantitative estimate of drug-likeness (QED) is 0.638. The summed E-state index contributed by atoms with van der Waals surface area (Å²) in [5, 5.41) is 9.83. The number of hydrogen-bond acceptors (Lipinski definition) is 3. The standard InChI is InChI=1S/C24H28ClN3O3.ClH/c1-16-14-27(20-7-5-17(6-8-20)22(29)30)23(31)28(16)21-9-11-24(15-26,12-10-21)18-3-2-4-19(25)13-18;/h2-8,13,16,21H,9-12,14-15,26H2,1H3,(H,29,30);1H/t16-,21?,24?;/m0./s1. The van der Waals surface area contributed by atoms with Crippen LogP contribution in [0.15, 0.2) is 48.5 Å². The Labute approximate surface area is 199 Å². The highest BCUT2D eigenvalue weighted by molar-refractivity contribution is 6.30. The van der Waals surface area contributed by atoms with Crippen LogP contribution in [0.5, 0.6) is 0 Å². The minimum absolute atomic E-state index is 0. The molecule has 2 aromatic rings. The molecule has 1 heterocycles. The predicted octanol–water partition coefficient (Wildman–Crippen LogP) is 4.93. The second-order valence-electron chi connectivity index (χ2n) is 8.73. The van der Waals surface area contributed by atoms with Crippen LogP contribution in [0.2, 0.25) is 5.02 Å². The summed E-state index contributed by atoms with van der Waals surface area (Å²) in [7, 11) is 0. The van der Waals surface area contributed by atoms with Crippen LogP contribution >= 0.6 is 24.0 Å². The third-order valence-corrected chi connectivity index (χ3v) is 7.17. The molecule has 32 heavy (non-hydrogen) atoms. The van der Waals surface area contributed by atoms with Crippen molar-refractivity contribution >= 4 is 41.7 Å². The molecule has 0 bridgehead atoms. The highest BCUT2D eigenvalue weighted by atomic mass is 35.5. The molecule has 1 aliphatic carbocycles. The van der Waals surface area contributed by atoms with Crippen molar-refractivity contribution in [2.75, 3.05) is 18.0 Å². The van der Waals surface area contributed by atoms with Gasteiger partial charge in [-0.2, -0.15) is 0 Å². The number of benzene rings is 2. The third kappa shape index (κ3) is 4.45. The Morgan fingerprint density at radius 2 is 1.84 bits per heavy atom. The Balaban J connectivity index is 0.00000289. The summed E-state index contributed by atoms with van der Waals surface area (Å²) in [6, 6.07) is 14.7. The summed E-state index contributed by atoms with van der Waals surface area (Å²) >= 11 is 6.22. The fourth-order valence-electron chi connectivity index (χ4n) is 5.14. The molecule has 4 rings (SSSR count). The molecule has 2 fully saturated rings. The number of nitrogens with two attached hydrogens (primary N) is 1. The van der Waals surface area contributed by atoms with Crippen LogP contribution < -0.4 is 10.6 Å². The molecule has 2 aliphatic rings. The van der Waals surface area contributed by atoms with Crippen LogP contribution in [0.3, 0.4) is 0 Å². The van der Waals surface area contributed by atoms with E-state index in [1.807, 2.05) is 23.1 Å². The maximum atomic E-state index is 13.3. The second-order valence-corrected chi connectivity index (χ2v) is 9.16. The SMILES string of the molecule is C[C@H]1CN(c2ccc(C(=O)O)cc2)C(=O)N1C1CCC(CN)(c2cccc(Cl)c2)CC1.Cl. The molecule has 0 unspecified atom stereocenters. The maximum Gasteiger partial charge on any atom is 0.335 e. The number of carboxylic acid groups (broad SMARTS) is 1. The van der Waals surface area contributed by atoms with Gasteiger partial charge in [-0.3, -0.25) is 4.90 Å². The molecular weight excluding hydrogens is 449 g/mol. The first-order chi connectivity index (χ1) is 14.8. The molecule has 2 aromatic carbocycles. The molecular formula is C24H29Cl2N3O3. The Hall–Kier alpha value is -2.28. The predicted molar refractivity (Wildman–Crippen MR) is 129 cm³/mol. The fourth-order valence-corrected chi connectivity index (χ4v) is 5.33. The lowest BCUT2D eigenvalue weighted by Gasteiger charge is -2.43. The van der Waals surface area contributed by atoms with Crippen molar-refractivity contribution in [2.24, 2.45) is 5.73 Å². The summed E-state index contributed by atoms with van der Waals surface area (Å²) in [6.45, 7) is 3.23. The third-order valence-electron chi connectivity index (χ3n) is 6.93. The smallest absolute Gasteiger partial charge is 0.335 e. The van der Waals surface area contributed by atoms with Crippen molar-refractivity contribution in [1.82, 2.24) is 4.90 Å². The number of anilines is 1. The number of carboxylic acids is 1. The Morgan fingerprint density at radius 3 is 2.41 bits per heavy atom. The number of nitrogens with zero attached hydrogens (tertiary/aromatic N) is 2. The minimum atomic E-state index is -0.973. The number of carbonyl (C=O) groups excluding carboxylic acids is 1. The number of halogens is 2. The van der Waals surface area contributed by atoms with E-state index < -0.39 is 5.97 Å². The molecule has 0 radical (unpaired) electrons. The molecule has 1 saturated heterocycles. The Bertz CT molecular complexity index is 975. The van der Waals surface area contributed by atoms with Gasteiger partial charge in [-0.15, -0.1) is 12.4 Å². The number of hydrogen-bond donors (Lipinski definition) is 2. The van der Waals surface area contributed by atoms with Crippen LogP contribution in [0, 0.1) is 0 Å². The monoisotopic (exact) mass is 477 g/mol. The summed E-state index contributed by atoms with van der Waals surface area (Å²) in [5.41, 5.74) is 8.26. The van der Waals surface area contributed by atoms with Gasteiger partial charge in [0.2, 0.25) is 0 Å². The highest BCUT2D eigenvalue weighted by Crippen LogP contribution is 2.42. The second kappa shape index (κ2) is 9.69. The van der Waals surface area contributed by atoms with E-state index in [1.165, 1.54) is 5.56 Å². The molecule has 6 nitrogen and oxygen atoms in total. The van der Waals surface area contributed by atoms with Gasteiger partial charge in [0.05, 0.1) is 5.56 Å². The van der Waals surface area contributed by atoms with Gasteiger partial charge in [-0.25, -0.2) is 9.59 Å². The van der Waals surface area contributed by atoms with Gasteiger partial charge < -0.3 is 15.7 Å². The topological polar surface area (TPSA) is 86.9 Å². The van der Waals surface area contributed by atoms with Crippen LogP contribution in [0.1, 0.15) is 48.5 Å². The van der Waals surface area contributed by atoms with Crippen molar-refractivity contribution in [2.45, 2.75) is 50.1 Å². The van der Waals surface area contributed by atoms with E-state index in [1.54, 1.807) is 29.2 Å².